The molecule has 2 aromatic carbocycles. The Morgan fingerprint density at radius 2 is 1.93 bits per heavy atom. The summed E-state index contributed by atoms with van der Waals surface area (Å²) in [7, 11) is 1.71. The number of hydrogen-bond donors (Lipinski definition) is 1. The summed E-state index contributed by atoms with van der Waals surface area (Å²) in [5.74, 6) is 2.06. The van der Waals surface area contributed by atoms with Gasteiger partial charge in [0, 0.05) is 18.5 Å². The zero-order valence-electron chi connectivity index (χ0n) is 16.2. The van der Waals surface area contributed by atoms with Crippen molar-refractivity contribution in [3.63, 3.8) is 0 Å². The van der Waals surface area contributed by atoms with E-state index >= 15 is 0 Å². The Bertz CT molecular complexity index is 912. The lowest BCUT2D eigenvalue weighted by Gasteiger charge is -2.09. The van der Waals surface area contributed by atoms with Crippen molar-refractivity contribution in [2.45, 2.75) is 39.0 Å². The second kappa shape index (κ2) is 7.87. The predicted molar refractivity (Wildman–Crippen MR) is 110 cm³/mol. The molecule has 0 unspecified atom stereocenters. The first-order chi connectivity index (χ1) is 13.3. The third kappa shape index (κ3) is 3.70. The maximum atomic E-state index is 5.38. The second-order valence-corrected chi connectivity index (χ2v) is 7.12. The van der Waals surface area contributed by atoms with E-state index in [-0.39, 0.29) is 0 Å². The molecule has 3 aromatic rings. The van der Waals surface area contributed by atoms with Crippen LogP contribution in [-0.4, -0.2) is 23.4 Å². The smallest absolute Gasteiger partial charge is 0.133 e. The maximum absolute atomic E-state index is 5.38. The number of methoxy groups -OCH3 is 1. The Morgan fingerprint density at radius 3 is 2.70 bits per heavy atom. The summed E-state index contributed by atoms with van der Waals surface area (Å²) in [5.41, 5.74) is 6.21. The Morgan fingerprint density at radius 1 is 1.07 bits per heavy atom. The van der Waals surface area contributed by atoms with Crippen molar-refractivity contribution in [1.82, 2.24) is 9.78 Å². The standard InChI is InChI=1S/C23H27N3O/c1-3-17-10-12-19(13-11-17)26-23-21(9-4-5-14-24-23)22(25-26)16-18-7-6-8-20(15-18)27-2/h6-8,10-13,15,24H,3-5,9,14,16H2,1-2H3. The van der Waals surface area contributed by atoms with E-state index in [1.807, 2.05) is 12.1 Å². The van der Waals surface area contributed by atoms with Crippen LogP contribution in [0.15, 0.2) is 48.5 Å². The number of hydrogen-bond acceptors (Lipinski definition) is 3. The van der Waals surface area contributed by atoms with E-state index in [4.69, 9.17) is 9.84 Å². The molecule has 1 N–H and O–H groups in total. The molecule has 27 heavy (non-hydrogen) atoms. The minimum Gasteiger partial charge on any atom is -0.497 e. The van der Waals surface area contributed by atoms with Crippen LogP contribution in [-0.2, 0) is 19.3 Å². The zero-order chi connectivity index (χ0) is 18.6. The number of benzene rings is 2. The van der Waals surface area contributed by atoms with E-state index in [2.05, 4.69) is 53.3 Å². The van der Waals surface area contributed by atoms with E-state index in [9.17, 15) is 0 Å². The van der Waals surface area contributed by atoms with Gasteiger partial charge in [-0.3, -0.25) is 0 Å². The van der Waals surface area contributed by atoms with Crippen LogP contribution < -0.4 is 10.1 Å². The molecular weight excluding hydrogens is 334 g/mol. The lowest BCUT2D eigenvalue weighted by molar-refractivity contribution is 0.414. The summed E-state index contributed by atoms with van der Waals surface area (Å²) in [5, 5.41) is 8.65. The van der Waals surface area contributed by atoms with Crippen LogP contribution in [0.25, 0.3) is 5.69 Å². The van der Waals surface area contributed by atoms with Crippen LogP contribution in [0.4, 0.5) is 5.82 Å². The van der Waals surface area contributed by atoms with Crippen molar-refractivity contribution in [3.8, 4) is 11.4 Å². The summed E-state index contributed by atoms with van der Waals surface area (Å²) in [4.78, 5) is 0. The molecule has 0 fully saturated rings. The summed E-state index contributed by atoms with van der Waals surface area (Å²) >= 11 is 0. The molecule has 0 atom stereocenters. The Labute approximate surface area is 161 Å². The van der Waals surface area contributed by atoms with Crippen LogP contribution in [0.5, 0.6) is 5.75 Å². The first-order valence-electron chi connectivity index (χ1n) is 9.85. The van der Waals surface area contributed by atoms with Crippen LogP contribution in [0.2, 0.25) is 0 Å². The van der Waals surface area contributed by atoms with E-state index in [0.717, 1.165) is 48.8 Å². The average Bonchev–Trinajstić information content (AvgIpc) is 2.89. The van der Waals surface area contributed by atoms with Gasteiger partial charge in [-0.25, -0.2) is 4.68 Å². The highest BCUT2D eigenvalue weighted by Gasteiger charge is 2.20. The highest BCUT2D eigenvalue weighted by atomic mass is 16.5. The molecule has 1 aliphatic rings. The van der Waals surface area contributed by atoms with Crippen LogP contribution in [0.1, 0.15) is 42.1 Å². The fourth-order valence-electron chi connectivity index (χ4n) is 3.75. The fourth-order valence-corrected chi connectivity index (χ4v) is 3.75. The SMILES string of the molecule is CCc1ccc(-n2nc(Cc3cccc(OC)c3)c3c2NCCCC3)cc1. The Hall–Kier alpha value is -2.75. The molecule has 140 valence electrons. The molecule has 0 amide bonds. The molecule has 0 saturated heterocycles. The van der Waals surface area contributed by atoms with Crippen molar-refractivity contribution in [3.05, 3.63) is 70.9 Å². The number of ether oxygens (including phenoxy) is 1. The van der Waals surface area contributed by atoms with Crippen LogP contribution >= 0.6 is 0 Å². The van der Waals surface area contributed by atoms with E-state index in [0.29, 0.717) is 0 Å². The van der Waals surface area contributed by atoms with Gasteiger partial charge >= 0.3 is 0 Å². The van der Waals surface area contributed by atoms with E-state index < -0.39 is 0 Å². The van der Waals surface area contributed by atoms with Gasteiger partial charge in [0.15, 0.2) is 0 Å². The van der Waals surface area contributed by atoms with Gasteiger partial charge in [0.1, 0.15) is 11.6 Å². The predicted octanol–water partition coefficient (Wildman–Crippen LogP) is 4.78. The summed E-state index contributed by atoms with van der Waals surface area (Å²) < 4.78 is 7.48. The third-order valence-electron chi connectivity index (χ3n) is 5.31. The molecular formula is C23H27N3O. The molecule has 0 spiro atoms. The molecule has 1 aromatic heterocycles. The first kappa shape index (κ1) is 17.7. The number of fused-ring (bicyclic) bond motifs is 1. The fraction of sp³-hybridized carbons (Fsp3) is 0.348. The Kier molecular flexibility index (Phi) is 5.14. The normalized spacial score (nSPS) is 13.6. The first-order valence-corrected chi connectivity index (χ1v) is 9.85. The lowest BCUT2D eigenvalue weighted by Crippen LogP contribution is -2.07. The number of aromatic nitrogens is 2. The highest BCUT2D eigenvalue weighted by Crippen LogP contribution is 2.30. The maximum Gasteiger partial charge on any atom is 0.133 e. The van der Waals surface area contributed by atoms with Gasteiger partial charge in [-0.2, -0.15) is 5.10 Å². The summed E-state index contributed by atoms with van der Waals surface area (Å²) in [6.45, 7) is 3.19. The number of anilines is 1. The van der Waals surface area contributed by atoms with Crippen molar-refractivity contribution in [2.75, 3.05) is 19.0 Å². The molecule has 0 radical (unpaired) electrons. The van der Waals surface area contributed by atoms with Gasteiger partial charge in [0.2, 0.25) is 0 Å². The van der Waals surface area contributed by atoms with E-state index in [1.165, 1.54) is 29.5 Å². The molecule has 4 heteroatoms. The molecule has 2 heterocycles. The topological polar surface area (TPSA) is 39.1 Å². The number of nitrogens with one attached hydrogen (secondary N) is 1. The summed E-state index contributed by atoms with van der Waals surface area (Å²) in [6.07, 6.45) is 5.35. The van der Waals surface area contributed by atoms with Gasteiger partial charge in [0.25, 0.3) is 0 Å². The minimum absolute atomic E-state index is 0.821. The monoisotopic (exact) mass is 361 g/mol. The van der Waals surface area contributed by atoms with Crippen LogP contribution in [0.3, 0.4) is 0 Å². The number of rotatable bonds is 5. The molecule has 4 rings (SSSR count). The van der Waals surface area contributed by atoms with Gasteiger partial charge in [-0.05, 0) is 61.1 Å². The molecule has 1 aliphatic heterocycles. The molecule has 0 saturated carbocycles. The van der Waals surface area contributed by atoms with Crippen molar-refractivity contribution >= 4 is 5.82 Å². The second-order valence-electron chi connectivity index (χ2n) is 7.12. The molecule has 0 bridgehead atoms. The third-order valence-corrected chi connectivity index (χ3v) is 5.31. The van der Waals surface area contributed by atoms with Gasteiger partial charge in [-0.1, -0.05) is 31.2 Å². The van der Waals surface area contributed by atoms with Crippen molar-refractivity contribution in [1.29, 1.82) is 0 Å². The summed E-state index contributed by atoms with van der Waals surface area (Å²) in [6, 6.07) is 17.0. The van der Waals surface area contributed by atoms with Gasteiger partial charge in [-0.15, -0.1) is 0 Å². The number of nitrogens with zero attached hydrogens (tertiary/aromatic N) is 2. The number of aryl methyl sites for hydroxylation is 1. The van der Waals surface area contributed by atoms with E-state index in [1.54, 1.807) is 7.11 Å². The van der Waals surface area contributed by atoms with Crippen molar-refractivity contribution < 1.29 is 4.74 Å². The molecule has 4 nitrogen and oxygen atoms in total. The van der Waals surface area contributed by atoms with Crippen LogP contribution in [0, 0.1) is 0 Å². The highest BCUT2D eigenvalue weighted by molar-refractivity contribution is 5.55. The Balaban J connectivity index is 1.73. The average molecular weight is 361 g/mol. The molecule has 0 aliphatic carbocycles. The zero-order valence-corrected chi connectivity index (χ0v) is 16.2. The van der Waals surface area contributed by atoms with Gasteiger partial charge in [0.05, 0.1) is 18.5 Å². The minimum atomic E-state index is 0.821. The van der Waals surface area contributed by atoms with Crippen molar-refractivity contribution in [2.24, 2.45) is 0 Å². The lowest BCUT2D eigenvalue weighted by atomic mass is 10.0. The largest absolute Gasteiger partial charge is 0.497 e. The quantitative estimate of drug-likeness (QED) is 0.711. The van der Waals surface area contributed by atoms with Gasteiger partial charge < -0.3 is 10.1 Å².